The minimum absolute atomic E-state index is 0.186. The summed E-state index contributed by atoms with van der Waals surface area (Å²) in [5.41, 5.74) is 5.34. The maximum Gasteiger partial charge on any atom is 0.252 e. The Morgan fingerprint density at radius 1 is 1.14 bits per heavy atom. The molecule has 0 fully saturated rings. The molecule has 0 atom stereocenters. The third-order valence-corrected chi connectivity index (χ3v) is 6.03. The summed E-state index contributed by atoms with van der Waals surface area (Å²) in [6.45, 7) is 7.50. The highest BCUT2D eigenvalue weighted by atomic mass is 32.1. The predicted molar refractivity (Wildman–Crippen MR) is 115 cm³/mol. The van der Waals surface area contributed by atoms with E-state index in [0.717, 1.165) is 26.9 Å². The number of thiazole rings is 1. The smallest absolute Gasteiger partial charge is 0.252 e. The second-order valence-electron chi connectivity index (χ2n) is 7.20. The Morgan fingerprint density at radius 3 is 2.45 bits per heavy atom. The van der Waals surface area contributed by atoms with Crippen LogP contribution in [0.1, 0.15) is 22.3 Å². The highest BCUT2D eigenvalue weighted by molar-refractivity contribution is 7.16. The zero-order valence-corrected chi connectivity index (χ0v) is 17.6. The van der Waals surface area contributed by atoms with E-state index in [9.17, 15) is 4.79 Å². The molecule has 2 heterocycles. The van der Waals surface area contributed by atoms with Gasteiger partial charge >= 0.3 is 0 Å². The number of rotatable bonds is 3. The Kier molecular flexibility index (Phi) is 5.16. The summed E-state index contributed by atoms with van der Waals surface area (Å²) in [4.78, 5) is 17.8. The van der Waals surface area contributed by atoms with Gasteiger partial charge in [-0.05, 0) is 37.5 Å². The van der Waals surface area contributed by atoms with Gasteiger partial charge < -0.3 is 14.0 Å². The molecule has 0 radical (unpaired) electrons. The minimum atomic E-state index is -0.186. The van der Waals surface area contributed by atoms with Crippen LogP contribution in [0.2, 0.25) is 0 Å². The van der Waals surface area contributed by atoms with Crippen LogP contribution in [0.3, 0.4) is 0 Å². The molecule has 1 aliphatic rings. The molecule has 0 unspecified atom stereocenters. The lowest BCUT2D eigenvalue weighted by Crippen LogP contribution is -2.18. The molecule has 2 aromatic carbocycles. The van der Waals surface area contributed by atoms with Gasteiger partial charge in [0.2, 0.25) is 0 Å². The van der Waals surface area contributed by atoms with Gasteiger partial charge in [-0.3, -0.25) is 4.79 Å². The lowest BCUT2D eigenvalue weighted by atomic mass is 9.97. The first-order valence-electron chi connectivity index (χ1n) is 9.47. The summed E-state index contributed by atoms with van der Waals surface area (Å²) in [7, 11) is 0. The first-order chi connectivity index (χ1) is 14.0. The van der Waals surface area contributed by atoms with E-state index in [0.29, 0.717) is 36.1 Å². The molecule has 0 spiro atoms. The predicted octanol–water partition coefficient (Wildman–Crippen LogP) is 3.70. The first-order valence-corrected chi connectivity index (χ1v) is 10.3. The number of hydrogen-bond acceptors (Lipinski definition) is 4. The van der Waals surface area contributed by atoms with Gasteiger partial charge in [0.05, 0.1) is 23.2 Å². The Bertz CT molecular complexity index is 1200. The monoisotopic (exact) mass is 406 g/mol. The van der Waals surface area contributed by atoms with E-state index in [1.165, 1.54) is 16.9 Å². The topological polar surface area (TPSA) is 52.8 Å². The van der Waals surface area contributed by atoms with Crippen molar-refractivity contribution in [2.24, 2.45) is 4.99 Å². The van der Waals surface area contributed by atoms with Gasteiger partial charge in [-0.25, -0.2) is 0 Å². The van der Waals surface area contributed by atoms with Crippen molar-refractivity contribution in [3.63, 3.8) is 0 Å². The van der Waals surface area contributed by atoms with E-state index in [4.69, 9.17) is 15.9 Å². The number of amides is 1. The maximum absolute atomic E-state index is 12.8. The van der Waals surface area contributed by atoms with E-state index < -0.39 is 0 Å². The maximum atomic E-state index is 12.8. The minimum Gasteiger partial charge on any atom is -0.486 e. The van der Waals surface area contributed by atoms with Crippen LogP contribution in [0.5, 0.6) is 11.5 Å². The summed E-state index contributed by atoms with van der Waals surface area (Å²) >= 11 is 1.43. The van der Waals surface area contributed by atoms with Crippen LogP contribution < -0.4 is 14.3 Å². The number of aryl methyl sites for hydroxylation is 3. The fourth-order valence-electron chi connectivity index (χ4n) is 3.72. The summed E-state index contributed by atoms with van der Waals surface area (Å²) < 4.78 is 14.2. The van der Waals surface area contributed by atoms with Gasteiger partial charge in [-0.15, -0.1) is 6.42 Å². The van der Waals surface area contributed by atoms with E-state index in [2.05, 4.69) is 30.0 Å². The number of ether oxygens (including phenoxy) is 2. The van der Waals surface area contributed by atoms with E-state index in [1.807, 2.05) is 30.5 Å². The van der Waals surface area contributed by atoms with Crippen LogP contribution in [0, 0.1) is 33.1 Å². The molecule has 0 aliphatic carbocycles. The third-order valence-electron chi connectivity index (χ3n) is 4.98. The molecule has 4 rings (SSSR count). The van der Waals surface area contributed by atoms with Crippen LogP contribution >= 0.6 is 11.3 Å². The molecule has 0 bridgehead atoms. The SMILES string of the molecule is C#CCn1c(=NC(=O)Cc2c(C)cc(C)cc2C)sc2cc3c(cc21)OCCO3. The molecule has 1 amide bonds. The van der Waals surface area contributed by atoms with Gasteiger partial charge in [0.25, 0.3) is 5.91 Å². The van der Waals surface area contributed by atoms with E-state index >= 15 is 0 Å². The number of nitrogens with zero attached hydrogens (tertiary/aromatic N) is 2. The van der Waals surface area contributed by atoms with Crippen molar-refractivity contribution >= 4 is 27.5 Å². The first kappa shape index (κ1) is 19.3. The Balaban J connectivity index is 1.76. The fraction of sp³-hybridized carbons (Fsp3) is 0.304. The van der Waals surface area contributed by atoms with Crippen LogP contribution in [-0.2, 0) is 17.8 Å². The van der Waals surface area contributed by atoms with Gasteiger partial charge in [0.1, 0.15) is 13.2 Å². The van der Waals surface area contributed by atoms with Crippen molar-refractivity contribution < 1.29 is 14.3 Å². The third kappa shape index (κ3) is 3.79. The Labute approximate surface area is 173 Å². The van der Waals surface area contributed by atoms with Crippen molar-refractivity contribution in [1.82, 2.24) is 4.57 Å². The molecule has 6 heteroatoms. The van der Waals surface area contributed by atoms with Gasteiger partial charge in [0.15, 0.2) is 16.3 Å². The molecule has 1 aliphatic heterocycles. The molecule has 5 nitrogen and oxygen atoms in total. The van der Waals surface area contributed by atoms with Crippen molar-refractivity contribution in [2.45, 2.75) is 33.7 Å². The van der Waals surface area contributed by atoms with Crippen LogP contribution in [-0.4, -0.2) is 23.7 Å². The molecule has 0 N–H and O–H groups in total. The van der Waals surface area contributed by atoms with Gasteiger partial charge in [-0.1, -0.05) is 35.0 Å². The summed E-state index contributed by atoms with van der Waals surface area (Å²) in [6, 6.07) is 8.03. The zero-order chi connectivity index (χ0) is 20.5. The number of carbonyl (C=O) groups is 1. The average molecular weight is 407 g/mol. The summed E-state index contributed by atoms with van der Waals surface area (Å²) in [5.74, 6) is 3.87. The second kappa shape index (κ2) is 7.76. The normalized spacial score (nSPS) is 13.5. The number of terminal acetylenes is 1. The average Bonchev–Trinajstić information content (AvgIpc) is 2.99. The standard InChI is InChI=1S/C23H22N2O3S/c1-5-6-25-18-12-19-20(28-8-7-27-19)13-21(18)29-23(25)24-22(26)11-17-15(3)9-14(2)10-16(17)4/h1,9-10,12-13H,6-8,11H2,2-4H3. The lowest BCUT2D eigenvalue weighted by molar-refractivity contribution is -0.117. The van der Waals surface area contributed by atoms with E-state index in [-0.39, 0.29) is 12.3 Å². The highest BCUT2D eigenvalue weighted by Crippen LogP contribution is 2.35. The number of hydrogen-bond donors (Lipinski definition) is 0. The number of benzene rings is 2. The number of fused-ring (bicyclic) bond motifs is 2. The van der Waals surface area contributed by atoms with Crippen LogP contribution in [0.4, 0.5) is 0 Å². The van der Waals surface area contributed by atoms with Crippen LogP contribution in [0.25, 0.3) is 10.2 Å². The molecular weight excluding hydrogens is 384 g/mol. The molecule has 3 aromatic rings. The largest absolute Gasteiger partial charge is 0.486 e. The van der Waals surface area contributed by atoms with Crippen molar-refractivity contribution in [1.29, 1.82) is 0 Å². The molecule has 1 aromatic heterocycles. The van der Waals surface area contributed by atoms with Crippen molar-refractivity contribution in [2.75, 3.05) is 13.2 Å². The second-order valence-corrected chi connectivity index (χ2v) is 8.21. The quantitative estimate of drug-likeness (QED) is 0.623. The molecule has 29 heavy (non-hydrogen) atoms. The molecule has 0 saturated carbocycles. The Morgan fingerprint density at radius 2 is 1.79 bits per heavy atom. The number of carbonyl (C=O) groups excluding carboxylic acids is 1. The van der Waals surface area contributed by atoms with Gasteiger partial charge in [-0.2, -0.15) is 4.99 Å². The molecular formula is C23H22N2O3S. The highest BCUT2D eigenvalue weighted by Gasteiger charge is 2.17. The van der Waals surface area contributed by atoms with E-state index in [1.54, 1.807) is 0 Å². The molecule has 148 valence electrons. The van der Waals surface area contributed by atoms with Crippen molar-refractivity contribution in [3.05, 3.63) is 51.3 Å². The molecule has 0 saturated heterocycles. The Hall–Kier alpha value is -3.04. The lowest BCUT2D eigenvalue weighted by Gasteiger charge is -2.18. The zero-order valence-electron chi connectivity index (χ0n) is 16.7. The summed E-state index contributed by atoms with van der Waals surface area (Å²) in [6.07, 6.45) is 5.85. The van der Waals surface area contributed by atoms with Gasteiger partial charge in [0, 0.05) is 12.1 Å². The van der Waals surface area contributed by atoms with Crippen LogP contribution in [0.15, 0.2) is 29.3 Å². The number of aromatic nitrogens is 1. The fourth-order valence-corrected chi connectivity index (χ4v) is 4.78. The summed E-state index contributed by atoms with van der Waals surface area (Å²) in [5, 5.41) is 0. The van der Waals surface area contributed by atoms with Crippen molar-refractivity contribution in [3.8, 4) is 23.8 Å².